The van der Waals surface area contributed by atoms with E-state index in [0.29, 0.717) is 10.6 Å². The second kappa shape index (κ2) is 8.96. The van der Waals surface area contributed by atoms with Crippen molar-refractivity contribution in [2.45, 2.75) is 30.8 Å². The molecule has 0 unspecified atom stereocenters. The van der Waals surface area contributed by atoms with Crippen molar-refractivity contribution in [1.82, 2.24) is 4.98 Å². The zero-order chi connectivity index (χ0) is 18.4. The van der Waals surface area contributed by atoms with Gasteiger partial charge in [0, 0.05) is 17.9 Å². The average Bonchev–Trinajstić information content (AvgIpc) is 2.65. The highest BCUT2D eigenvalue weighted by molar-refractivity contribution is 7.99. The second-order valence-corrected chi connectivity index (χ2v) is 6.75. The third-order valence-corrected chi connectivity index (χ3v) is 5.11. The van der Waals surface area contributed by atoms with Crippen LogP contribution in [0.1, 0.15) is 34.5 Å². The van der Waals surface area contributed by atoms with Crippen LogP contribution in [-0.2, 0) is 6.61 Å². The number of hydrogen-bond donors (Lipinski definition) is 4. The van der Waals surface area contributed by atoms with Gasteiger partial charge in [0.2, 0.25) is 0 Å². The number of pyridine rings is 1. The number of benzene rings is 1. The van der Waals surface area contributed by atoms with Crippen LogP contribution in [0, 0.1) is 5.92 Å². The molecule has 4 N–H and O–H groups in total. The predicted octanol–water partition coefficient (Wildman–Crippen LogP) is 2.09. The van der Waals surface area contributed by atoms with Crippen molar-refractivity contribution in [3.05, 3.63) is 59.3 Å². The smallest absolute Gasteiger partial charge is 0.338 e. The first-order valence-corrected chi connectivity index (χ1v) is 8.79. The summed E-state index contributed by atoms with van der Waals surface area (Å²) in [6, 6.07) is 9.89. The number of rotatable bonds is 8. The number of carboxylic acid groups (broad SMARTS) is 1. The van der Waals surface area contributed by atoms with Gasteiger partial charge in [-0.2, -0.15) is 0 Å². The SMILES string of the molecule is C[C@@H]([C@H](O)CSc1ncccc1C(=O)O)[C@@H](O)c1ccc(CO)cc1. The minimum Gasteiger partial charge on any atom is -0.478 e. The fourth-order valence-corrected chi connectivity index (χ4v) is 3.40. The first kappa shape index (κ1) is 19.4. The third kappa shape index (κ3) is 5.02. The lowest BCUT2D eigenvalue weighted by Gasteiger charge is -2.24. The van der Waals surface area contributed by atoms with E-state index in [-0.39, 0.29) is 17.9 Å². The molecule has 0 bridgehead atoms. The number of aliphatic hydroxyl groups is 3. The average molecular weight is 363 g/mol. The number of nitrogens with zero attached hydrogens (tertiary/aromatic N) is 1. The van der Waals surface area contributed by atoms with Crippen LogP contribution in [0.2, 0.25) is 0 Å². The highest BCUT2D eigenvalue weighted by atomic mass is 32.2. The lowest BCUT2D eigenvalue weighted by molar-refractivity contribution is 0.0330. The van der Waals surface area contributed by atoms with E-state index in [1.807, 2.05) is 0 Å². The molecular formula is C18H21NO5S. The number of carboxylic acids is 1. The molecule has 7 heteroatoms. The first-order valence-electron chi connectivity index (χ1n) is 7.81. The Hall–Kier alpha value is -1.93. The van der Waals surface area contributed by atoms with Gasteiger partial charge in [0.25, 0.3) is 0 Å². The monoisotopic (exact) mass is 363 g/mol. The van der Waals surface area contributed by atoms with Crippen molar-refractivity contribution < 1.29 is 25.2 Å². The minimum absolute atomic E-state index is 0.0683. The van der Waals surface area contributed by atoms with E-state index in [2.05, 4.69) is 4.98 Å². The van der Waals surface area contributed by atoms with Gasteiger partial charge < -0.3 is 20.4 Å². The normalized spacial score (nSPS) is 14.7. The molecule has 0 saturated heterocycles. The summed E-state index contributed by atoms with van der Waals surface area (Å²) in [5.74, 6) is -1.31. The summed E-state index contributed by atoms with van der Waals surface area (Å²) in [5, 5.41) is 39.3. The molecule has 0 spiro atoms. The number of aromatic carboxylic acids is 1. The molecule has 6 nitrogen and oxygen atoms in total. The van der Waals surface area contributed by atoms with Crippen LogP contribution in [0.15, 0.2) is 47.6 Å². The Kier molecular flexibility index (Phi) is 6.95. The van der Waals surface area contributed by atoms with E-state index in [9.17, 15) is 15.0 Å². The van der Waals surface area contributed by atoms with Gasteiger partial charge >= 0.3 is 5.97 Å². The van der Waals surface area contributed by atoms with Crippen LogP contribution in [0.3, 0.4) is 0 Å². The van der Waals surface area contributed by atoms with Crippen LogP contribution in [0.5, 0.6) is 0 Å². The van der Waals surface area contributed by atoms with Crippen LogP contribution < -0.4 is 0 Å². The molecule has 0 aliphatic carbocycles. The third-order valence-electron chi connectivity index (χ3n) is 4.00. The molecule has 0 amide bonds. The van der Waals surface area contributed by atoms with E-state index in [0.717, 1.165) is 17.3 Å². The van der Waals surface area contributed by atoms with Gasteiger partial charge in [-0.25, -0.2) is 9.78 Å². The molecule has 0 fully saturated rings. The molecular weight excluding hydrogens is 342 g/mol. The Morgan fingerprint density at radius 2 is 1.88 bits per heavy atom. The maximum atomic E-state index is 11.2. The highest BCUT2D eigenvalue weighted by Crippen LogP contribution is 2.29. The van der Waals surface area contributed by atoms with Crippen LogP contribution in [0.4, 0.5) is 0 Å². The quantitative estimate of drug-likeness (QED) is 0.532. The summed E-state index contributed by atoms with van der Waals surface area (Å²) in [7, 11) is 0. The van der Waals surface area contributed by atoms with Crippen molar-refractivity contribution in [1.29, 1.82) is 0 Å². The van der Waals surface area contributed by atoms with Gasteiger partial charge in [-0.1, -0.05) is 31.2 Å². The van der Waals surface area contributed by atoms with E-state index >= 15 is 0 Å². The molecule has 1 aromatic heterocycles. The first-order chi connectivity index (χ1) is 11.9. The lowest BCUT2D eigenvalue weighted by atomic mass is 9.93. The number of aromatic nitrogens is 1. The maximum absolute atomic E-state index is 11.2. The van der Waals surface area contributed by atoms with Crippen molar-refractivity contribution in [3.8, 4) is 0 Å². The van der Waals surface area contributed by atoms with Crippen molar-refractivity contribution >= 4 is 17.7 Å². The molecule has 0 aliphatic rings. The van der Waals surface area contributed by atoms with Crippen LogP contribution in [0.25, 0.3) is 0 Å². The summed E-state index contributed by atoms with van der Waals surface area (Å²) < 4.78 is 0. The predicted molar refractivity (Wildman–Crippen MR) is 94.4 cm³/mol. The largest absolute Gasteiger partial charge is 0.478 e. The Bertz CT molecular complexity index is 707. The van der Waals surface area contributed by atoms with Crippen LogP contribution >= 0.6 is 11.8 Å². The summed E-state index contributed by atoms with van der Waals surface area (Å²) in [5.41, 5.74) is 1.49. The van der Waals surface area contributed by atoms with E-state index in [1.54, 1.807) is 37.3 Å². The van der Waals surface area contributed by atoms with Gasteiger partial charge in [-0.3, -0.25) is 0 Å². The van der Waals surface area contributed by atoms with Gasteiger partial charge in [0.15, 0.2) is 0 Å². The molecule has 1 heterocycles. The molecule has 134 valence electrons. The summed E-state index contributed by atoms with van der Waals surface area (Å²) in [4.78, 5) is 15.2. The minimum atomic E-state index is -1.07. The number of hydrogen-bond acceptors (Lipinski definition) is 6. The molecule has 1 aromatic carbocycles. The van der Waals surface area contributed by atoms with E-state index in [1.165, 1.54) is 12.3 Å². The number of thioether (sulfide) groups is 1. The summed E-state index contributed by atoms with van der Waals surface area (Å²) in [6.07, 6.45) is -0.213. The summed E-state index contributed by atoms with van der Waals surface area (Å²) in [6.45, 7) is 1.66. The van der Waals surface area contributed by atoms with Crippen molar-refractivity contribution in [2.75, 3.05) is 5.75 Å². The molecule has 2 aromatic rings. The Balaban J connectivity index is 1.99. The molecule has 3 atom stereocenters. The maximum Gasteiger partial charge on any atom is 0.338 e. The van der Waals surface area contributed by atoms with Gasteiger partial charge in [-0.15, -0.1) is 11.8 Å². The highest BCUT2D eigenvalue weighted by Gasteiger charge is 2.25. The zero-order valence-electron chi connectivity index (χ0n) is 13.7. The molecule has 0 aliphatic heterocycles. The molecule has 25 heavy (non-hydrogen) atoms. The number of aliphatic hydroxyl groups excluding tert-OH is 3. The fourth-order valence-electron chi connectivity index (χ4n) is 2.32. The van der Waals surface area contributed by atoms with Crippen molar-refractivity contribution in [2.24, 2.45) is 5.92 Å². The Morgan fingerprint density at radius 1 is 1.20 bits per heavy atom. The number of carbonyl (C=O) groups is 1. The topological polar surface area (TPSA) is 111 Å². The molecule has 0 saturated carbocycles. The standard InChI is InChI=1S/C18H21NO5S/c1-11(16(22)13-6-4-12(9-20)5-7-13)15(21)10-25-17-14(18(23)24)3-2-8-19-17/h2-8,11,15-16,20-22H,9-10H2,1H3,(H,23,24)/t11-,15+,16+/m0/s1. The summed E-state index contributed by atoms with van der Waals surface area (Å²) >= 11 is 1.14. The van der Waals surface area contributed by atoms with Crippen molar-refractivity contribution in [3.63, 3.8) is 0 Å². The fraction of sp³-hybridized carbons (Fsp3) is 0.333. The Labute approximate surface area is 150 Å². The van der Waals surface area contributed by atoms with Gasteiger partial charge in [0.05, 0.1) is 24.4 Å². The van der Waals surface area contributed by atoms with Gasteiger partial charge in [0.1, 0.15) is 5.03 Å². The van der Waals surface area contributed by atoms with Crippen LogP contribution in [-0.4, -0.2) is 43.2 Å². The van der Waals surface area contributed by atoms with Gasteiger partial charge in [-0.05, 0) is 23.3 Å². The Morgan fingerprint density at radius 3 is 2.48 bits per heavy atom. The van der Waals surface area contributed by atoms with E-state index in [4.69, 9.17) is 10.2 Å². The second-order valence-electron chi connectivity index (χ2n) is 5.74. The molecule has 2 rings (SSSR count). The van der Waals surface area contributed by atoms with E-state index < -0.39 is 24.1 Å². The molecule has 0 radical (unpaired) electrons. The lowest BCUT2D eigenvalue weighted by Crippen LogP contribution is -2.26. The zero-order valence-corrected chi connectivity index (χ0v) is 14.6.